The first kappa shape index (κ1) is 100.0. The Morgan fingerprint density at radius 1 is 0.0800 bits per heavy atom. The predicted octanol–water partition coefficient (Wildman–Crippen LogP) is 42.0. The van der Waals surface area contributed by atoms with Gasteiger partial charge in [0.15, 0.2) is 0 Å². The molecule has 150 heavy (non-hydrogen) atoms. The summed E-state index contributed by atoms with van der Waals surface area (Å²) < 4.78 is 0. The zero-order chi connectivity index (χ0) is 102. The number of aryl methyl sites for hydroxylation is 6. The van der Waals surface area contributed by atoms with Crippen LogP contribution in [0.5, 0.6) is 0 Å². The van der Waals surface area contributed by atoms with E-state index < -0.39 is 0 Å². The van der Waals surface area contributed by atoms with E-state index in [9.17, 15) is 0 Å². The monoisotopic (exact) mass is 1920 g/mol. The molecule has 24 rings (SSSR count). The van der Waals surface area contributed by atoms with E-state index in [0.29, 0.717) is 0 Å². The van der Waals surface area contributed by atoms with Gasteiger partial charge in [-0.05, 0) is 307 Å². The van der Waals surface area contributed by atoms with Gasteiger partial charge in [-0.15, -0.1) is 0 Å². The second-order valence-electron chi connectivity index (χ2n) is 37.9. The van der Waals surface area contributed by atoms with Crippen LogP contribution in [0.1, 0.15) is 33.4 Å². The summed E-state index contributed by atoms with van der Waals surface area (Å²) in [5, 5.41) is 0. The summed E-state index contributed by atoms with van der Waals surface area (Å²) in [5.41, 5.74) is 53.3. The second-order valence-corrected chi connectivity index (χ2v) is 37.9. The summed E-state index contributed by atoms with van der Waals surface area (Å²) in [7, 11) is 0. The van der Waals surface area contributed by atoms with Gasteiger partial charge in [0.2, 0.25) is 0 Å². The number of hydrogen-bond donors (Lipinski definition) is 0. The SMILES string of the molecule is Cc1ccc(-c2ccccc2-c2ccccc2)c(-c2ccccc2)c1.Cc1cccc(-c2cc(-c3ccccc3)cc(-c3ccccc3)c2)c1.Cc1cccc(-c2ccccc2)c1-c1ccccc1-c1ccccc1.Cc1cccc(-c2ccccc2-c2ccccc2)c1-c1ccccc1.Cc1ccccc1-c1cc(-c2ccccc2)cc(-c2ccccc2)c1.Cc1ccccc1-c1cccc(-c2ccccc2-c2ccccc2)c1. The van der Waals surface area contributed by atoms with Gasteiger partial charge in [-0.2, -0.15) is 0 Å². The molecular formula is C150H120. The molecule has 0 atom stereocenters. The molecule has 0 aliphatic rings. The van der Waals surface area contributed by atoms with Crippen molar-refractivity contribution in [1.82, 2.24) is 0 Å². The lowest BCUT2D eigenvalue weighted by molar-refractivity contribution is 1.45. The zero-order valence-corrected chi connectivity index (χ0v) is 85.9. The van der Waals surface area contributed by atoms with Gasteiger partial charge >= 0.3 is 0 Å². The Hall–Kier alpha value is -18.7. The molecule has 0 amide bonds. The van der Waals surface area contributed by atoms with Crippen LogP contribution in [0.25, 0.3) is 200 Å². The first-order valence-corrected chi connectivity index (χ1v) is 51.8. The lowest BCUT2D eigenvalue weighted by Gasteiger charge is -2.17. The molecule has 0 aliphatic heterocycles. The van der Waals surface area contributed by atoms with Crippen LogP contribution >= 0.6 is 0 Å². The number of benzene rings is 24. The molecule has 0 fully saturated rings. The molecule has 24 aromatic rings. The molecule has 0 saturated carbocycles. The fourth-order valence-electron chi connectivity index (χ4n) is 20.1. The van der Waals surface area contributed by atoms with Crippen LogP contribution in [-0.2, 0) is 0 Å². The first-order valence-electron chi connectivity index (χ1n) is 51.8. The highest BCUT2D eigenvalue weighted by Gasteiger charge is 2.20. The molecular weight excluding hydrogens is 1800 g/mol. The Morgan fingerprint density at radius 2 is 0.287 bits per heavy atom. The Balaban J connectivity index is 0.000000113. The molecule has 0 aliphatic carbocycles. The van der Waals surface area contributed by atoms with E-state index >= 15 is 0 Å². The zero-order valence-electron chi connectivity index (χ0n) is 85.9. The summed E-state index contributed by atoms with van der Waals surface area (Å²) in [6.07, 6.45) is 0. The van der Waals surface area contributed by atoms with Gasteiger partial charge in [-0.3, -0.25) is 0 Å². The molecule has 0 aromatic heterocycles. The van der Waals surface area contributed by atoms with Crippen LogP contribution in [-0.4, -0.2) is 0 Å². The number of hydrogen-bond acceptors (Lipinski definition) is 0. The minimum atomic E-state index is 1.24. The van der Waals surface area contributed by atoms with Crippen molar-refractivity contribution in [3.8, 4) is 200 Å². The van der Waals surface area contributed by atoms with Gasteiger partial charge in [-0.25, -0.2) is 0 Å². The van der Waals surface area contributed by atoms with Crippen molar-refractivity contribution in [2.24, 2.45) is 0 Å². The maximum absolute atomic E-state index is 2.30. The third-order valence-corrected chi connectivity index (χ3v) is 27.6. The standard InChI is InChI=1S/6C25H20/c1-19-11-10-18-23(21-14-6-3-7-15-21)25(19)24-17-9-8-16-22(24)20-12-4-2-5-13-20;1-19-11-10-18-24(25(19)21-14-6-3-7-15-21)23-17-9-8-16-22(23)20-12-4-2-5-13-20;1-19-10-8-9-15-25(19)24-17-22(20-11-4-2-5-12-20)16-23(18-24)21-13-6-3-7-14-21;1-19-9-8-14-22(15-19)25-17-23(20-10-4-2-5-11-20)16-24(18-25)21-12-6-3-7-13-21;1-19-16-17-24(25(18-19)21-12-6-3-7-13-21)23-15-9-8-14-22(23)20-10-4-2-5-11-20;1-19-10-5-6-15-23(19)21-13-9-14-22(18-21)25-17-8-7-16-24(25)20-11-3-2-4-12-20/h6*2-18H,1H3. The molecule has 0 unspecified atom stereocenters. The van der Waals surface area contributed by atoms with Crippen molar-refractivity contribution in [2.75, 3.05) is 0 Å². The summed E-state index contributed by atoms with van der Waals surface area (Å²) >= 11 is 0. The molecule has 0 heterocycles. The summed E-state index contributed by atoms with van der Waals surface area (Å²) in [6.45, 7) is 13.0. The summed E-state index contributed by atoms with van der Waals surface area (Å²) in [5.74, 6) is 0. The van der Waals surface area contributed by atoms with Crippen LogP contribution in [0.2, 0.25) is 0 Å². The normalized spacial score (nSPS) is 10.6. The quantitative estimate of drug-likeness (QED) is 0.0803. The maximum Gasteiger partial charge on any atom is -0.00699 e. The third kappa shape index (κ3) is 24.9. The van der Waals surface area contributed by atoms with E-state index in [1.54, 1.807) is 0 Å². The average molecular weight is 1920 g/mol. The smallest absolute Gasteiger partial charge is 0.00699 e. The lowest BCUT2D eigenvalue weighted by atomic mass is 9.87. The Morgan fingerprint density at radius 3 is 0.667 bits per heavy atom. The largest absolute Gasteiger partial charge is 0.0622 e. The maximum atomic E-state index is 2.30. The fourth-order valence-corrected chi connectivity index (χ4v) is 20.1. The van der Waals surface area contributed by atoms with E-state index in [-0.39, 0.29) is 0 Å². The highest BCUT2D eigenvalue weighted by molar-refractivity contribution is 5.97. The van der Waals surface area contributed by atoms with Gasteiger partial charge in [0.05, 0.1) is 0 Å². The molecule has 0 spiro atoms. The average Bonchev–Trinajstić information content (AvgIpc) is 0.785. The van der Waals surface area contributed by atoms with Gasteiger partial charge in [0.1, 0.15) is 0 Å². The summed E-state index contributed by atoms with van der Waals surface area (Å²) in [6, 6.07) is 220. The molecule has 0 radical (unpaired) electrons. The van der Waals surface area contributed by atoms with E-state index in [0.717, 1.165) is 0 Å². The van der Waals surface area contributed by atoms with Crippen molar-refractivity contribution in [3.63, 3.8) is 0 Å². The molecule has 0 saturated heterocycles. The van der Waals surface area contributed by atoms with Gasteiger partial charge < -0.3 is 0 Å². The van der Waals surface area contributed by atoms with Crippen LogP contribution in [0, 0.1) is 41.5 Å². The Bertz CT molecular complexity index is 8360. The van der Waals surface area contributed by atoms with E-state index in [1.807, 2.05) is 0 Å². The topological polar surface area (TPSA) is 0 Å². The highest BCUT2D eigenvalue weighted by Crippen LogP contribution is 2.46. The van der Waals surface area contributed by atoms with E-state index in [4.69, 9.17) is 0 Å². The molecule has 0 nitrogen and oxygen atoms in total. The van der Waals surface area contributed by atoms with Crippen molar-refractivity contribution in [2.45, 2.75) is 41.5 Å². The predicted molar refractivity (Wildman–Crippen MR) is 645 cm³/mol. The first-order chi connectivity index (χ1) is 73.9. The molecule has 0 bridgehead atoms. The highest BCUT2D eigenvalue weighted by atomic mass is 14.2. The Labute approximate surface area is 887 Å². The molecule has 720 valence electrons. The van der Waals surface area contributed by atoms with Crippen molar-refractivity contribution >= 4 is 0 Å². The molecule has 0 heteroatoms. The fraction of sp³-hybridized carbons (Fsp3) is 0.0400. The van der Waals surface area contributed by atoms with Gasteiger partial charge in [0, 0.05) is 0 Å². The van der Waals surface area contributed by atoms with Crippen LogP contribution < -0.4 is 0 Å². The Kier molecular flexibility index (Phi) is 33.1. The second kappa shape index (κ2) is 49.7. The van der Waals surface area contributed by atoms with Gasteiger partial charge in [0.25, 0.3) is 0 Å². The van der Waals surface area contributed by atoms with Crippen molar-refractivity contribution in [3.05, 3.63) is 652 Å². The van der Waals surface area contributed by atoms with E-state index in [1.165, 1.54) is 234 Å². The minimum Gasteiger partial charge on any atom is -0.0622 e. The van der Waals surface area contributed by atoms with Crippen LogP contribution in [0.3, 0.4) is 0 Å². The molecule has 0 N–H and O–H groups in total. The van der Waals surface area contributed by atoms with Crippen molar-refractivity contribution < 1.29 is 0 Å². The van der Waals surface area contributed by atoms with Crippen LogP contribution in [0.4, 0.5) is 0 Å². The molecule has 24 aromatic carbocycles. The van der Waals surface area contributed by atoms with Crippen molar-refractivity contribution in [1.29, 1.82) is 0 Å². The van der Waals surface area contributed by atoms with Crippen LogP contribution in [0.15, 0.2) is 619 Å². The lowest BCUT2D eigenvalue weighted by Crippen LogP contribution is -1.92. The van der Waals surface area contributed by atoms with E-state index in [2.05, 4.69) is 660 Å². The summed E-state index contributed by atoms with van der Waals surface area (Å²) in [4.78, 5) is 0. The number of rotatable bonds is 18. The third-order valence-electron chi connectivity index (χ3n) is 27.6. The van der Waals surface area contributed by atoms with Gasteiger partial charge in [-0.1, -0.05) is 587 Å². The minimum absolute atomic E-state index is 1.24.